The Bertz CT molecular complexity index is 1560. The number of alkyl halides is 3. The molecule has 0 aliphatic carbocycles. The number of halogens is 3. The van der Waals surface area contributed by atoms with E-state index in [0.717, 1.165) is 28.6 Å². The molecule has 2 unspecified atom stereocenters. The van der Waals surface area contributed by atoms with Crippen molar-refractivity contribution in [2.45, 2.75) is 18.1 Å². The third kappa shape index (κ3) is 4.31. The van der Waals surface area contributed by atoms with Crippen LogP contribution in [0.2, 0.25) is 0 Å². The summed E-state index contributed by atoms with van der Waals surface area (Å²) in [6, 6.07) is 19.8. The van der Waals surface area contributed by atoms with E-state index in [0.29, 0.717) is 43.0 Å². The van der Waals surface area contributed by atoms with Gasteiger partial charge in [-0.1, -0.05) is 42.5 Å². The lowest BCUT2D eigenvalue weighted by atomic mass is 9.79. The molecule has 0 bridgehead atoms. The van der Waals surface area contributed by atoms with Gasteiger partial charge < -0.3 is 19.7 Å². The van der Waals surface area contributed by atoms with E-state index in [-0.39, 0.29) is 11.8 Å². The zero-order valence-electron chi connectivity index (χ0n) is 21.3. The molecule has 1 saturated heterocycles. The number of hydrogen-bond donors (Lipinski definition) is 1. The molecule has 9 heteroatoms. The topological polar surface area (TPSA) is 59.7 Å². The highest BCUT2D eigenvalue weighted by Gasteiger charge is 2.45. The van der Waals surface area contributed by atoms with Crippen molar-refractivity contribution in [1.29, 1.82) is 0 Å². The third-order valence-electron chi connectivity index (χ3n) is 7.92. The standard InChI is InChI=1S/C30H27F3N4O2/c1-35-27(24-18-34-25-12-5-4-9-21(24)25)26(22-10-2-3-11-23(22)28(35)38)29(39)37-15-13-36(14-16-37)20-8-6-7-19(17-20)30(31,32)33/h2-12,17-18,26-27,34H,13-16H2,1H3. The highest BCUT2D eigenvalue weighted by molar-refractivity contribution is 6.02. The van der Waals surface area contributed by atoms with Gasteiger partial charge in [-0.05, 0) is 35.9 Å². The zero-order chi connectivity index (χ0) is 27.3. The largest absolute Gasteiger partial charge is 0.416 e. The third-order valence-corrected chi connectivity index (χ3v) is 7.92. The summed E-state index contributed by atoms with van der Waals surface area (Å²) in [6.07, 6.45) is -2.54. The number of carbonyl (C=O) groups is 2. The second kappa shape index (κ2) is 9.48. The first-order chi connectivity index (χ1) is 18.7. The van der Waals surface area contributed by atoms with E-state index >= 15 is 0 Å². The molecule has 6 rings (SSSR count). The molecule has 3 aromatic carbocycles. The van der Waals surface area contributed by atoms with Crippen molar-refractivity contribution in [2.75, 3.05) is 38.1 Å². The summed E-state index contributed by atoms with van der Waals surface area (Å²) >= 11 is 0. The minimum atomic E-state index is -4.41. The first kappa shape index (κ1) is 25.0. The molecule has 0 radical (unpaired) electrons. The second-order valence-corrected chi connectivity index (χ2v) is 10.1. The van der Waals surface area contributed by atoms with Gasteiger partial charge in [-0.25, -0.2) is 0 Å². The van der Waals surface area contributed by atoms with Crippen LogP contribution in [-0.2, 0) is 11.0 Å². The smallest absolute Gasteiger partial charge is 0.368 e. The molecule has 2 amide bonds. The van der Waals surface area contributed by atoms with E-state index in [4.69, 9.17) is 0 Å². The van der Waals surface area contributed by atoms with Gasteiger partial charge in [-0.2, -0.15) is 13.2 Å². The first-order valence-electron chi connectivity index (χ1n) is 12.9. The van der Waals surface area contributed by atoms with Gasteiger partial charge in [0.2, 0.25) is 5.91 Å². The first-order valence-corrected chi connectivity index (χ1v) is 12.9. The van der Waals surface area contributed by atoms with E-state index < -0.39 is 23.7 Å². The van der Waals surface area contributed by atoms with Crippen molar-refractivity contribution >= 4 is 28.4 Å². The minimum Gasteiger partial charge on any atom is -0.368 e. The van der Waals surface area contributed by atoms with Gasteiger partial charge in [0, 0.05) is 67.1 Å². The van der Waals surface area contributed by atoms with Crippen molar-refractivity contribution in [3.63, 3.8) is 0 Å². The number of nitrogens with zero attached hydrogens (tertiary/aromatic N) is 3. The molecule has 6 nitrogen and oxygen atoms in total. The SMILES string of the molecule is CN1C(=O)c2ccccc2C(C(=O)N2CCN(c3cccc(C(F)(F)F)c3)CC2)C1c1c[nH]c2ccccc12. The Hall–Kier alpha value is -4.27. The van der Waals surface area contributed by atoms with Crippen LogP contribution in [0.3, 0.4) is 0 Å². The van der Waals surface area contributed by atoms with Crippen molar-refractivity contribution < 1.29 is 22.8 Å². The van der Waals surface area contributed by atoms with Crippen LogP contribution in [0.4, 0.5) is 18.9 Å². The molecule has 3 heterocycles. The average molecular weight is 533 g/mol. The van der Waals surface area contributed by atoms with E-state index in [1.807, 2.05) is 47.5 Å². The Morgan fingerprint density at radius 2 is 1.62 bits per heavy atom. The molecular formula is C30H27F3N4O2. The van der Waals surface area contributed by atoms with Crippen LogP contribution in [0, 0.1) is 0 Å². The Morgan fingerprint density at radius 1 is 0.897 bits per heavy atom. The quantitative estimate of drug-likeness (QED) is 0.382. The predicted molar refractivity (Wildman–Crippen MR) is 143 cm³/mol. The number of nitrogens with one attached hydrogen (secondary N) is 1. The molecule has 1 fully saturated rings. The number of hydrogen-bond acceptors (Lipinski definition) is 3. The number of amides is 2. The molecule has 0 spiro atoms. The number of fused-ring (bicyclic) bond motifs is 2. The van der Waals surface area contributed by atoms with Gasteiger partial charge in [0.05, 0.1) is 17.5 Å². The summed E-state index contributed by atoms with van der Waals surface area (Å²) < 4.78 is 39.7. The number of carbonyl (C=O) groups excluding carboxylic acids is 2. The Labute approximate surface area is 223 Å². The number of piperazine rings is 1. The maximum absolute atomic E-state index is 14.2. The molecule has 200 valence electrons. The molecule has 1 aromatic heterocycles. The van der Waals surface area contributed by atoms with Crippen LogP contribution in [0.5, 0.6) is 0 Å². The van der Waals surface area contributed by atoms with Crippen molar-refractivity contribution in [1.82, 2.24) is 14.8 Å². The molecule has 1 N–H and O–H groups in total. The van der Waals surface area contributed by atoms with Crippen LogP contribution < -0.4 is 4.90 Å². The van der Waals surface area contributed by atoms with E-state index in [1.54, 1.807) is 35.0 Å². The summed E-state index contributed by atoms with van der Waals surface area (Å²) in [5, 5.41) is 0.952. The van der Waals surface area contributed by atoms with Crippen molar-refractivity contribution in [2.24, 2.45) is 0 Å². The lowest BCUT2D eigenvalue weighted by Gasteiger charge is -2.43. The molecule has 2 aliphatic rings. The van der Waals surface area contributed by atoms with Gasteiger partial charge in [-0.3, -0.25) is 9.59 Å². The fraction of sp³-hybridized carbons (Fsp3) is 0.267. The normalized spacial score (nSPS) is 19.9. The van der Waals surface area contributed by atoms with Crippen molar-refractivity contribution in [3.8, 4) is 0 Å². The number of para-hydroxylation sites is 1. The molecule has 0 saturated carbocycles. The predicted octanol–water partition coefficient (Wildman–Crippen LogP) is 5.45. The van der Waals surface area contributed by atoms with Crippen LogP contribution >= 0.6 is 0 Å². The average Bonchev–Trinajstić information content (AvgIpc) is 3.38. The molecular weight excluding hydrogens is 505 g/mol. The number of anilines is 1. The number of likely N-dealkylation sites (N-methyl/N-ethyl adjacent to an activating group) is 1. The van der Waals surface area contributed by atoms with E-state index in [2.05, 4.69) is 4.98 Å². The van der Waals surface area contributed by atoms with Crippen LogP contribution in [-0.4, -0.2) is 59.8 Å². The number of aromatic amines is 1. The minimum absolute atomic E-state index is 0.0965. The summed E-state index contributed by atoms with van der Waals surface area (Å²) in [7, 11) is 1.73. The van der Waals surface area contributed by atoms with Gasteiger partial charge in [-0.15, -0.1) is 0 Å². The monoisotopic (exact) mass is 532 g/mol. The molecule has 4 aromatic rings. The second-order valence-electron chi connectivity index (χ2n) is 10.1. The summed E-state index contributed by atoms with van der Waals surface area (Å²) in [5.41, 5.74) is 2.80. The zero-order valence-corrected chi connectivity index (χ0v) is 21.3. The van der Waals surface area contributed by atoms with E-state index in [9.17, 15) is 22.8 Å². The van der Waals surface area contributed by atoms with Crippen LogP contribution in [0.15, 0.2) is 79.0 Å². The Balaban J connectivity index is 1.32. The van der Waals surface area contributed by atoms with Gasteiger partial charge in [0.15, 0.2) is 0 Å². The number of H-pyrrole nitrogens is 1. The maximum atomic E-state index is 14.2. The number of rotatable bonds is 3. The number of aromatic nitrogens is 1. The summed E-state index contributed by atoms with van der Waals surface area (Å²) in [6.45, 7) is 1.56. The summed E-state index contributed by atoms with van der Waals surface area (Å²) in [5.74, 6) is -0.858. The Morgan fingerprint density at radius 3 is 2.38 bits per heavy atom. The van der Waals surface area contributed by atoms with Gasteiger partial charge >= 0.3 is 6.18 Å². The van der Waals surface area contributed by atoms with Crippen LogP contribution in [0.25, 0.3) is 10.9 Å². The summed E-state index contributed by atoms with van der Waals surface area (Å²) in [4.78, 5) is 36.2. The fourth-order valence-electron chi connectivity index (χ4n) is 5.93. The van der Waals surface area contributed by atoms with Gasteiger partial charge in [0.25, 0.3) is 5.91 Å². The Kier molecular flexibility index (Phi) is 6.09. The van der Waals surface area contributed by atoms with Gasteiger partial charge in [0.1, 0.15) is 0 Å². The lowest BCUT2D eigenvalue weighted by Crippen LogP contribution is -2.53. The lowest BCUT2D eigenvalue weighted by molar-refractivity contribution is -0.137. The molecule has 2 aliphatic heterocycles. The fourth-order valence-corrected chi connectivity index (χ4v) is 5.93. The van der Waals surface area contributed by atoms with Crippen LogP contribution in [0.1, 0.15) is 39.0 Å². The highest BCUT2D eigenvalue weighted by Crippen LogP contribution is 2.45. The van der Waals surface area contributed by atoms with Crippen molar-refractivity contribution in [3.05, 3.63) is 101 Å². The molecule has 2 atom stereocenters. The van der Waals surface area contributed by atoms with E-state index in [1.165, 1.54) is 6.07 Å². The maximum Gasteiger partial charge on any atom is 0.416 e. The molecule has 39 heavy (non-hydrogen) atoms. The number of benzene rings is 3. The highest BCUT2D eigenvalue weighted by atomic mass is 19.4.